The van der Waals surface area contributed by atoms with Gasteiger partial charge in [-0.25, -0.2) is 9.29 Å². The second-order valence-electron chi connectivity index (χ2n) is 4.27. The maximum atomic E-state index is 5.56. The SMILES string of the molecule is Cc1csc(CN(SOC(C)C)C(C)C)n1. The van der Waals surface area contributed by atoms with Crippen LogP contribution in [0.4, 0.5) is 0 Å². The molecule has 3 nitrogen and oxygen atoms in total. The average Bonchev–Trinajstić information content (AvgIpc) is 2.57. The summed E-state index contributed by atoms with van der Waals surface area (Å²) >= 11 is 3.15. The van der Waals surface area contributed by atoms with E-state index in [1.165, 1.54) is 12.2 Å². The summed E-state index contributed by atoms with van der Waals surface area (Å²) in [6.07, 6.45) is 0.240. The van der Waals surface area contributed by atoms with Gasteiger partial charge < -0.3 is 0 Å². The lowest BCUT2D eigenvalue weighted by Crippen LogP contribution is -2.24. The molecular weight excluding hydrogens is 240 g/mol. The molecule has 0 saturated carbocycles. The Kier molecular flexibility index (Phi) is 5.75. The minimum absolute atomic E-state index is 0.240. The Morgan fingerprint density at radius 3 is 2.56 bits per heavy atom. The van der Waals surface area contributed by atoms with Crippen molar-refractivity contribution in [1.82, 2.24) is 9.29 Å². The molecule has 16 heavy (non-hydrogen) atoms. The van der Waals surface area contributed by atoms with Crippen molar-refractivity contribution in [1.29, 1.82) is 0 Å². The van der Waals surface area contributed by atoms with Gasteiger partial charge in [0.1, 0.15) is 5.01 Å². The van der Waals surface area contributed by atoms with Crippen molar-refractivity contribution >= 4 is 23.6 Å². The van der Waals surface area contributed by atoms with Gasteiger partial charge in [0, 0.05) is 17.1 Å². The molecule has 0 aliphatic rings. The number of hydrogen-bond acceptors (Lipinski definition) is 5. The Morgan fingerprint density at radius 1 is 1.44 bits per heavy atom. The van der Waals surface area contributed by atoms with Crippen molar-refractivity contribution in [2.24, 2.45) is 0 Å². The topological polar surface area (TPSA) is 25.4 Å². The Labute approximate surface area is 107 Å². The van der Waals surface area contributed by atoms with Crippen LogP contribution < -0.4 is 0 Å². The standard InChI is InChI=1S/C11H20N2OS2/c1-8(2)13(16-14-9(3)4)6-11-12-10(5)7-15-11/h7-9H,6H2,1-5H3. The molecule has 1 aromatic heterocycles. The van der Waals surface area contributed by atoms with E-state index in [0.717, 1.165) is 17.2 Å². The predicted molar refractivity (Wildman–Crippen MR) is 71.3 cm³/mol. The first-order chi connectivity index (χ1) is 7.49. The molecule has 5 heteroatoms. The quantitative estimate of drug-likeness (QED) is 0.576. The molecule has 0 N–H and O–H groups in total. The minimum atomic E-state index is 0.240. The van der Waals surface area contributed by atoms with Crippen molar-refractivity contribution in [3.05, 3.63) is 16.1 Å². The van der Waals surface area contributed by atoms with Gasteiger partial charge >= 0.3 is 0 Å². The summed E-state index contributed by atoms with van der Waals surface area (Å²) in [6, 6.07) is 0.438. The van der Waals surface area contributed by atoms with E-state index < -0.39 is 0 Å². The maximum absolute atomic E-state index is 5.56. The van der Waals surface area contributed by atoms with E-state index in [4.69, 9.17) is 4.18 Å². The van der Waals surface area contributed by atoms with Crippen LogP contribution in [0.1, 0.15) is 38.4 Å². The van der Waals surface area contributed by atoms with Crippen LogP contribution in [0.15, 0.2) is 5.38 Å². The van der Waals surface area contributed by atoms with E-state index in [0.29, 0.717) is 6.04 Å². The summed E-state index contributed by atoms with van der Waals surface area (Å²) in [6.45, 7) is 11.3. The van der Waals surface area contributed by atoms with Gasteiger partial charge in [0.05, 0.1) is 24.9 Å². The molecule has 0 radical (unpaired) electrons. The van der Waals surface area contributed by atoms with Crippen LogP contribution in [0.3, 0.4) is 0 Å². The molecule has 1 heterocycles. The average molecular weight is 260 g/mol. The first-order valence-electron chi connectivity index (χ1n) is 5.50. The third-order valence-corrected chi connectivity index (χ3v) is 4.03. The second-order valence-corrected chi connectivity index (χ2v) is 6.02. The summed E-state index contributed by atoms with van der Waals surface area (Å²) in [4.78, 5) is 4.47. The van der Waals surface area contributed by atoms with Crippen LogP contribution in [0, 0.1) is 6.92 Å². The lowest BCUT2D eigenvalue weighted by atomic mass is 10.4. The lowest BCUT2D eigenvalue weighted by molar-refractivity contribution is 0.255. The zero-order valence-corrected chi connectivity index (χ0v) is 12.2. The fourth-order valence-electron chi connectivity index (χ4n) is 1.04. The molecule has 0 spiro atoms. The van der Waals surface area contributed by atoms with Gasteiger partial charge in [-0.05, 0) is 34.6 Å². The number of rotatable bonds is 6. The van der Waals surface area contributed by atoms with E-state index in [-0.39, 0.29) is 6.10 Å². The molecular formula is C11H20N2OS2. The van der Waals surface area contributed by atoms with Gasteiger partial charge in [-0.2, -0.15) is 0 Å². The highest BCUT2D eigenvalue weighted by atomic mass is 32.2. The van der Waals surface area contributed by atoms with Gasteiger partial charge in [0.25, 0.3) is 0 Å². The number of aryl methyl sites for hydroxylation is 1. The Morgan fingerprint density at radius 2 is 2.12 bits per heavy atom. The summed E-state index contributed by atoms with van der Waals surface area (Å²) < 4.78 is 7.77. The van der Waals surface area contributed by atoms with Crippen LogP contribution in [-0.4, -0.2) is 21.4 Å². The molecule has 0 amide bonds. The van der Waals surface area contributed by atoms with Crippen molar-refractivity contribution in [3.63, 3.8) is 0 Å². The zero-order valence-electron chi connectivity index (χ0n) is 10.6. The molecule has 92 valence electrons. The third-order valence-electron chi connectivity index (χ3n) is 1.86. The molecule has 0 fully saturated rings. The highest BCUT2D eigenvalue weighted by Crippen LogP contribution is 2.22. The molecule has 0 saturated heterocycles. The maximum Gasteiger partial charge on any atom is 0.108 e. The van der Waals surface area contributed by atoms with E-state index in [9.17, 15) is 0 Å². The molecule has 0 aliphatic heterocycles. The van der Waals surface area contributed by atoms with Crippen molar-refractivity contribution in [2.45, 2.75) is 53.3 Å². The van der Waals surface area contributed by atoms with E-state index >= 15 is 0 Å². The largest absolute Gasteiger partial charge is 0.298 e. The molecule has 1 rings (SSSR count). The predicted octanol–water partition coefficient (Wildman–Crippen LogP) is 3.65. The van der Waals surface area contributed by atoms with E-state index in [1.807, 2.05) is 20.8 Å². The lowest BCUT2D eigenvalue weighted by Gasteiger charge is -2.23. The van der Waals surface area contributed by atoms with Crippen molar-refractivity contribution in [3.8, 4) is 0 Å². The van der Waals surface area contributed by atoms with Crippen LogP contribution in [0.2, 0.25) is 0 Å². The number of nitrogens with zero attached hydrogens (tertiary/aromatic N) is 2. The molecule has 0 unspecified atom stereocenters. The van der Waals surface area contributed by atoms with Gasteiger partial charge in [-0.3, -0.25) is 4.18 Å². The highest BCUT2D eigenvalue weighted by Gasteiger charge is 2.14. The summed E-state index contributed by atoms with van der Waals surface area (Å²) in [7, 11) is 0. The van der Waals surface area contributed by atoms with E-state index in [2.05, 4.69) is 28.5 Å². The fraction of sp³-hybridized carbons (Fsp3) is 0.727. The van der Waals surface area contributed by atoms with Crippen molar-refractivity contribution < 1.29 is 4.18 Å². The Balaban J connectivity index is 2.51. The zero-order chi connectivity index (χ0) is 12.1. The molecule has 1 aromatic rings. The minimum Gasteiger partial charge on any atom is -0.298 e. The van der Waals surface area contributed by atoms with E-state index in [1.54, 1.807) is 11.3 Å². The van der Waals surface area contributed by atoms with Gasteiger partial charge in [-0.1, -0.05) is 0 Å². The summed E-state index contributed by atoms with van der Waals surface area (Å²) in [5.74, 6) is 0. The molecule has 0 atom stereocenters. The first-order valence-corrected chi connectivity index (χ1v) is 7.08. The highest BCUT2D eigenvalue weighted by molar-refractivity contribution is 7.92. The number of thiazole rings is 1. The molecule has 0 bridgehead atoms. The van der Waals surface area contributed by atoms with Crippen LogP contribution in [-0.2, 0) is 10.7 Å². The smallest absolute Gasteiger partial charge is 0.108 e. The van der Waals surface area contributed by atoms with Crippen LogP contribution >= 0.6 is 23.6 Å². The second kappa shape index (κ2) is 6.59. The van der Waals surface area contributed by atoms with Gasteiger partial charge in [0.2, 0.25) is 0 Å². The Bertz CT molecular complexity index is 313. The fourth-order valence-corrected chi connectivity index (χ4v) is 2.53. The molecule has 0 aliphatic carbocycles. The summed E-state index contributed by atoms with van der Waals surface area (Å²) in [5.41, 5.74) is 1.10. The number of hydrogen-bond donors (Lipinski definition) is 0. The normalized spacial score (nSPS) is 12.0. The van der Waals surface area contributed by atoms with Crippen LogP contribution in [0.25, 0.3) is 0 Å². The number of aromatic nitrogens is 1. The van der Waals surface area contributed by atoms with Crippen LogP contribution in [0.5, 0.6) is 0 Å². The van der Waals surface area contributed by atoms with Gasteiger partial charge in [0.15, 0.2) is 0 Å². The summed E-state index contributed by atoms with van der Waals surface area (Å²) in [5, 5.41) is 3.23. The first kappa shape index (κ1) is 14.0. The van der Waals surface area contributed by atoms with Gasteiger partial charge in [-0.15, -0.1) is 11.3 Å². The Hall–Kier alpha value is -0.100. The van der Waals surface area contributed by atoms with Crippen molar-refractivity contribution in [2.75, 3.05) is 0 Å². The third kappa shape index (κ3) is 4.82. The monoisotopic (exact) mass is 260 g/mol. The molecule has 0 aromatic carbocycles.